The van der Waals surface area contributed by atoms with Gasteiger partial charge in [0, 0.05) is 30.4 Å². The summed E-state index contributed by atoms with van der Waals surface area (Å²) >= 11 is 0. The highest BCUT2D eigenvalue weighted by Gasteiger charge is 1.99. The number of aromatic nitrogens is 1. The summed E-state index contributed by atoms with van der Waals surface area (Å²) in [5.74, 6) is 0. The van der Waals surface area contributed by atoms with Gasteiger partial charge >= 0.3 is 0 Å². The molecule has 2 rings (SSSR count). The van der Waals surface area contributed by atoms with Gasteiger partial charge in [-0.3, -0.25) is 0 Å². The largest absolute Gasteiger partial charge is 0.385 e. The van der Waals surface area contributed by atoms with Crippen molar-refractivity contribution in [1.82, 2.24) is 0 Å². The van der Waals surface area contributed by atoms with Crippen molar-refractivity contribution in [3.63, 3.8) is 0 Å². The number of pyridine rings is 1. The van der Waals surface area contributed by atoms with E-state index in [0.717, 1.165) is 6.54 Å². The van der Waals surface area contributed by atoms with Crippen molar-refractivity contribution in [1.29, 1.82) is 0 Å². The van der Waals surface area contributed by atoms with Crippen molar-refractivity contribution in [2.24, 2.45) is 7.05 Å². The van der Waals surface area contributed by atoms with Crippen molar-refractivity contribution >= 4 is 17.8 Å². The van der Waals surface area contributed by atoms with Crippen molar-refractivity contribution in [2.75, 3.05) is 11.9 Å². The Bertz CT molecular complexity index is 718. The van der Waals surface area contributed by atoms with Gasteiger partial charge in [-0.1, -0.05) is 96.1 Å². The average molecular weight is 422 g/mol. The second-order valence-corrected chi connectivity index (χ2v) is 8.86. The van der Waals surface area contributed by atoms with E-state index in [4.69, 9.17) is 0 Å². The Hall–Kier alpha value is -2.09. The Morgan fingerprint density at radius 3 is 1.84 bits per heavy atom. The molecule has 0 aliphatic heterocycles. The number of nitrogens with one attached hydrogen (secondary N) is 1. The lowest BCUT2D eigenvalue weighted by Gasteiger charge is -2.07. The van der Waals surface area contributed by atoms with Crippen LogP contribution in [0.15, 0.2) is 48.7 Å². The first kappa shape index (κ1) is 25.2. The van der Waals surface area contributed by atoms with Crippen LogP contribution in [0.25, 0.3) is 12.2 Å². The summed E-state index contributed by atoms with van der Waals surface area (Å²) in [6.07, 6.45) is 24.7. The third kappa shape index (κ3) is 11.8. The van der Waals surface area contributed by atoms with Crippen LogP contribution in [0.2, 0.25) is 0 Å². The van der Waals surface area contributed by atoms with Crippen LogP contribution in [0.5, 0.6) is 0 Å². The van der Waals surface area contributed by atoms with Crippen LogP contribution < -0.4 is 9.88 Å². The van der Waals surface area contributed by atoms with Gasteiger partial charge in [-0.2, -0.15) is 0 Å². The monoisotopic (exact) mass is 421 g/mol. The second kappa shape index (κ2) is 16.6. The normalized spacial score (nSPS) is 11.3. The van der Waals surface area contributed by atoms with Gasteiger partial charge in [0.25, 0.3) is 0 Å². The van der Waals surface area contributed by atoms with Crippen molar-refractivity contribution < 1.29 is 4.57 Å². The summed E-state index contributed by atoms with van der Waals surface area (Å²) in [5.41, 5.74) is 3.66. The van der Waals surface area contributed by atoms with Gasteiger partial charge < -0.3 is 5.32 Å². The predicted octanol–water partition coefficient (Wildman–Crippen LogP) is 8.18. The number of nitrogens with zero attached hydrogens (tertiary/aromatic N) is 1. The van der Waals surface area contributed by atoms with Crippen molar-refractivity contribution in [3.05, 3.63) is 59.9 Å². The maximum atomic E-state index is 3.57. The zero-order valence-electron chi connectivity index (χ0n) is 20.1. The van der Waals surface area contributed by atoms with E-state index in [1.165, 1.54) is 100 Å². The second-order valence-electron chi connectivity index (χ2n) is 8.86. The molecule has 0 fully saturated rings. The molecule has 1 heterocycles. The first-order chi connectivity index (χ1) is 15.3. The molecule has 0 radical (unpaired) electrons. The number of hydrogen-bond donors (Lipinski definition) is 1. The summed E-state index contributed by atoms with van der Waals surface area (Å²) in [6, 6.07) is 15.0. The minimum atomic E-state index is 1.08. The van der Waals surface area contributed by atoms with Gasteiger partial charge in [-0.15, -0.1) is 0 Å². The Labute approximate surface area is 191 Å². The maximum absolute atomic E-state index is 3.57. The van der Waals surface area contributed by atoms with E-state index in [1.807, 2.05) is 0 Å². The number of hydrogen-bond acceptors (Lipinski definition) is 1. The predicted molar refractivity (Wildman–Crippen MR) is 137 cm³/mol. The lowest BCUT2D eigenvalue weighted by Crippen LogP contribution is -2.30. The number of rotatable bonds is 17. The van der Waals surface area contributed by atoms with Crippen LogP contribution in [-0.4, -0.2) is 6.54 Å². The number of aryl methyl sites for hydroxylation is 1. The Balaban J connectivity index is 1.46. The smallest absolute Gasteiger partial charge is 0.204 e. The summed E-state index contributed by atoms with van der Waals surface area (Å²) in [6.45, 7) is 3.37. The topological polar surface area (TPSA) is 15.9 Å². The SMILES string of the molecule is CCCCCCCCCCCCCCCNc1ccc(C=Cc2cccc[n+]2C)cc1. The lowest BCUT2D eigenvalue weighted by molar-refractivity contribution is -0.673. The van der Waals surface area contributed by atoms with Gasteiger partial charge in [-0.05, 0) is 36.3 Å². The average Bonchev–Trinajstić information content (AvgIpc) is 2.79. The van der Waals surface area contributed by atoms with E-state index in [1.54, 1.807) is 0 Å². The molecule has 31 heavy (non-hydrogen) atoms. The van der Waals surface area contributed by atoms with Crippen LogP contribution in [0, 0.1) is 0 Å². The number of anilines is 1. The highest BCUT2D eigenvalue weighted by Crippen LogP contribution is 2.14. The van der Waals surface area contributed by atoms with Gasteiger partial charge in [-0.25, -0.2) is 4.57 Å². The number of benzene rings is 1. The molecule has 0 aliphatic rings. The van der Waals surface area contributed by atoms with Crippen LogP contribution in [0.4, 0.5) is 5.69 Å². The molecule has 1 aromatic heterocycles. The first-order valence-corrected chi connectivity index (χ1v) is 12.8. The van der Waals surface area contributed by atoms with E-state index < -0.39 is 0 Å². The van der Waals surface area contributed by atoms with Crippen molar-refractivity contribution in [2.45, 2.75) is 90.4 Å². The van der Waals surface area contributed by atoms with Gasteiger partial charge in [0.05, 0.1) is 0 Å². The summed E-state index contributed by atoms with van der Waals surface area (Å²) in [4.78, 5) is 0. The highest BCUT2D eigenvalue weighted by atomic mass is 14.9. The molecule has 0 saturated heterocycles. The van der Waals surface area contributed by atoms with E-state index in [2.05, 4.69) is 84.7 Å². The lowest BCUT2D eigenvalue weighted by atomic mass is 10.0. The molecule has 170 valence electrons. The van der Waals surface area contributed by atoms with E-state index in [-0.39, 0.29) is 0 Å². The van der Waals surface area contributed by atoms with Crippen LogP contribution in [-0.2, 0) is 7.05 Å². The molecule has 1 N–H and O–H groups in total. The molecule has 2 aromatic rings. The van der Waals surface area contributed by atoms with Crippen LogP contribution in [0.1, 0.15) is 102 Å². The molecule has 0 saturated carbocycles. The van der Waals surface area contributed by atoms with Crippen LogP contribution >= 0.6 is 0 Å². The molecule has 2 nitrogen and oxygen atoms in total. The van der Waals surface area contributed by atoms with E-state index in [9.17, 15) is 0 Å². The Morgan fingerprint density at radius 1 is 0.677 bits per heavy atom. The zero-order chi connectivity index (χ0) is 22.0. The van der Waals surface area contributed by atoms with Crippen molar-refractivity contribution in [3.8, 4) is 0 Å². The molecular formula is C29H45N2+. The molecule has 0 unspecified atom stereocenters. The fourth-order valence-electron chi connectivity index (χ4n) is 3.98. The first-order valence-electron chi connectivity index (χ1n) is 12.8. The number of unbranched alkanes of at least 4 members (excludes halogenated alkanes) is 12. The minimum absolute atomic E-state index is 1.08. The molecule has 0 bridgehead atoms. The molecule has 0 amide bonds. The Morgan fingerprint density at radius 2 is 1.26 bits per heavy atom. The minimum Gasteiger partial charge on any atom is -0.385 e. The fourth-order valence-corrected chi connectivity index (χ4v) is 3.98. The summed E-state index contributed by atoms with van der Waals surface area (Å²) in [5, 5.41) is 3.57. The molecule has 2 heteroatoms. The third-order valence-electron chi connectivity index (χ3n) is 6.06. The highest BCUT2D eigenvalue weighted by molar-refractivity contribution is 5.68. The third-order valence-corrected chi connectivity index (χ3v) is 6.06. The van der Waals surface area contributed by atoms with E-state index in [0.29, 0.717) is 0 Å². The molecule has 0 atom stereocenters. The summed E-state index contributed by atoms with van der Waals surface area (Å²) in [7, 11) is 2.07. The molecule has 0 spiro atoms. The standard InChI is InChI=1S/C29H44N2/c1-3-4-5-6-7-8-9-10-11-12-13-14-16-25-30-28-22-19-27(20-23-28)21-24-29-18-15-17-26-31(29)2/h15,17-24,26H,3-14,16,25H2,1-2H3/p+1. The molecule has 1 aromatic carbocycles. The quantitative estimate of drug-likeness (QED) is 0.201. The van der Waals surface area contributed by atoms with Crippen LogP contribution in [0.3, 0.4) is 0 Å². The Kier molecular flexibility index (Phi) is 13.5. The van der Waals surface area contributed by atoms with E-state index >= 15 is 0 Å². The van der Waals surface area contributed by atoms with Gasteiger partial charge in [0.1, 0.15) is 7.05 Å². The molecule has 0 aliphatic carbocycles. The summed E-state index contributed by atoms with van der Waals surface area (Å²) < 4.78 is 2.13. The van der Waals surface area contributed by atoms with Gasteiger partial charge in [0.15, 0.2) is 6.20 Å². The fraction of sp³-hybridized carbons (Fsp3) is 0.552. The van der Waals surface area contributed by atoms with Gasteiger partial charge in [0.2, 0.25) is 5.69 Å². The molecular weight excluding hydrogens is 376 g/mol. The zero-order valence-corrected chi connectivity index (χ0v) is 20.1. The maximum Gasteiger partial charge on any atom is 0.204 e.